The first-order valence-corrected chi connectivity index (χ1v) is 14.8. The number of anilines is 1. The number of ether oxygens (including phenoxy) is 2. The summed E-state index contributed by atoms with van der Waals surface area (Å²) in [6.07, 6.45) is 3.48. The summed E-state index contributed by atoms with van der Waals surface area (Å²) in [5.74, 6) is 1.38. The third-order valence-corrected chi connectivity index (χ3v) is 8.43. The van der Waals surface area contributed by atoms with Crippen molar-refractivity contribution in [3.63, 3.8) is 0 Å². The fourth-order valence-corrected chi connectivity index (χ4v) is 5.86. The number of hydrogen-bond donors (Lipinski definition) is 2. The summed E-state index contributed by atoms with van der Waals surface area (Å²) in [6, 6.07) is 20.6. The SMILES string of the molecule is CCC(C)Oc1cc2c(cc1OC)CC(=O)N(c1ccc(C(C)NC3CCNCC3)cc1)C2c1ccc(Cl)cc1. The summed E-state index contributed by atoms with van der Waals surface area (Å²) in [7, 11) is 1.64. The number of nitrogens with zero attached hydrogens (tertiary/aromatic N) is 1. The van der Waals surface area contributed by atoms with Gasteiger partial charge in [0.25, 0.3) is 0 Å². The Morgan fingerprint density at radius 1 is 1.02 bits per heavy atom. The minimum absolute atomic E-state index is 0.0373. The first-order chi connectivity index (χ1) is 19.4. The molecule has 0 aliphatic carbocycles. The second-order valence-electron chi connectivity index (χ2n) is 10.9. The molecule has 3 aromatic carbocycles. The molecule has 0 bridgehead atoms. The Morgan fingerprint density at radius 2 is 1.73 bits per heavy atom. The van der Waals surface area contributed by atoms with Crippen LogP contribution in [0.15, 0.2) is 60.7 Å². The van der Waals surface area contributed by atoms with Gasteiger partial charge in [-0.2, -0.15) is 0 Å². The van der Waals surface area contributed by atoms with Gasteiger partial charge < -0.3 is 25.0 Å². The Kier molecular flexibility index (Phi) is 8.99. The summed E-state index contributed by atoms with van der Waals surface area (Å²) in [5.41, 5.74) is 5.05. The number of nitrogens with one attached hydrogen (secondary N) is 2. The number of piperidine rings is 1. The van der Waals surface area contributed by atoms with Gasteiger partial charge in [-0.15, -0.1) is 0 Å². The molecule has 0 aromatic heterocycles. The molecular formula is C33H40ClN3O3. The number of fused-ring (bicyclic) bond motifs is 1. The zero-order chi connectivity index (χ0) is 28.2. The lowest BCUT2D eigenvalue weighted by molar-refractivity contribution is -0.118. The molecule has 3 aromatic rings. The maximum absolute atomic E-state index is 13.8. The van der Waals surface area contributed by atoms with Crippen molar-refractivity contribution in [2.45, 2.75) is 70.7 Å². The van der Waals surface area contributed by atoms with E-state index in [1.165, 1.54) is 5.56 Å². The average molecular weight is 562 g/mol. The molecule has 2 aliphatic rings. The van der Waals surface area contributed by atoms with E-state index in [-0.39, 0.29) is 30.5 Å². The maximum atomic E-state index is 13.8. The second kappa shape index (κ2) is 12.6. The molecule has 0 spiro atoms. The molecule has 1 saturated heterocycles. The minimum atomic E-state index is -0.324. The lowest BCUT2D eigenvalue weighted by atomic mass is 9.86. The lowest BCUT2D eigenvalue weighted by Crippen LogP contribution is -2.41. The zero-order valence-corrected chi connectivity index (χ0v) is 24.6. The van der Waals surface area contributed by atoms with E-state index in [0.717, 1.165) is 54.7 Å². The Morgan fingerprint density at radius 3 is 2.38 bits per heavy atom. The van der Waals surface area contributed by atoms with Crippen LogP contribution in [0.2, 0.25) is 5.02 Å². The van der Waals surface area contributed by atoms with Gasteiger partial charge in [-0.05, 0) is 105 Å². The summed E-state index contributed by atoms with van der Waals surface area (Å²) in [5, 5.41) is 7.86. The number of hydrogen-bond acceptors (Lipinski definition) is 5. The molecule has 7 heteroatoms. The van der Waals surface area contributed by atoms with Crippen LogP contribution in [0.3, 0.4) is 0 Å². The van der Waals surface area contributed by atoms with Crippen LogP contribution in [-0.2, 0) is 11.2 Å². The van der Waals surface area contributed by atoms with E-state index in [1.807, 2.05) is 42.2 Å². The predicted octanol–water partition coefficient (Wildman–Crippen LogP) is 6.61. The van der Waals surface area contributed by atoms with E-state index in [4.69, 9.17) is 21.1 Å². The van der Waals surface area contributed by atoms with Crippen molar-refractivity contribution >= 4 is 23.2 Å². The van der Waals surface area contributed by atoms with E-state index in [0.29, 0.717) is 22.6 Å². The van der Waals surface area contributed by atoms with E-state index in [2.05, 4.69) is 54.8 Å². The van der Waals surface area contributed by atoms with Crippen LogP contribution in [-0.4, -0.2) is 38.3 Å². The van der Waals surface area contributed by atoms with Crippen molar-refractivity contribution in [3.8, 4) is 11.5 Å². The molecule has 2 N–H and O–H groups in total. The van der Waals surface area contributed by atoms with Crippen molar-refractivity contribution in [1.29, 1.82) is 0 Å². The third kappa shape index (κ3) is 6.14. The highest BCUT2D eigenvalue weighted by atomic mass is 35.5. The van der Waals surface area contributed by atoms with Gasteiger partial charge >= 0.3 is 0 Å². The molecule has 1 fully saturated rings. The third-order valence-electron chi connectivity index (χ3n) is 8.17. The minimum Gasteiger partial charge on any atom is -0.493 e. The van der Waals surface area contributed by atoms with Crippen molar-refractivity contribution < 1.29 is 14.3 Å². The van der Waals surface area contributed by atoms with Gasteiger partial charge in [-0.3, -0.25) is 4.79 Å². The van der Waals surface area contributed by atoms with Crippen molar-refractivity contribution in [2.75, 3.05) is 25.1 Å². The maximum Gasteiger partial charge on any atom is 0.232 e. The van der Waals surface area contributed by atoms with E-state index >= 15 is 0 Å². The topological polar surface area (TPSA) is 62.8 Å². The Hall–Kier alpha value is -3.06. The van der Waals surface area contributed by atoms with Gasteiger partial charge in [-0.25, -0.2) is 0 Å². The number of methoxy groups -OCH3 is 1. The number of benzene rings is 3. The van der Waals surface area contributed by atoms with Crippen LogP contribution in [0.5, 0.6) is 11.5 Å². The standard InChI is InChI=1S/C33H40ClN3O3/c1-5-21(2)40-31-20-29-25(18-30(31)39-4)19-32(38)37(33(29)24-6-10-26(34)11-7-24)28-12-8-23(9-13-28)22(3)36-27-14-16-35-17-15-27/h6-13,18,20-22,27,33,35-36H,5,14-17,19H2,1-4H3. The molecule has 212 valence electrons. The fraction of sp³-hybridized carbons (Fsp3) is 0.424. The molecule has 6 nitrogen and oxygen atoms in total. The molecule has 0 saturated carbocycles. The smallest absolute Gasteiger partial charge is 0.232 e. The fourth-order valence-electron chi connectivity index (χ4n) is 5.74. The van der Waals surface area contributed by atoms with Gasteiger partial charge in [0.05, 0.1) is 25.7 Å². The van der Waals surface area contributed by atoms with Crippen LogP contribution in [0.1, 0.15) is 74.4 Å². The molecule has 1 amide bonds. The molecule has 5 rings (SSSR count). The van der Waals surface area contributed by atoms with Crippen LogP contribution in [0.4, 0.5) is 5.69 Å². The highest BCUT2D eigenvalue weighted by molar-refractivity contribution is 6.30. The number of carbonyl (C=O) groups is 1. The first kappa shape index (κ1) is 28.5. The molecule has 40 heavy (non-hydrogen) atoms. The normalized spacial score (nSPS) is 19.2. The van der Waals surface area contributed by atoms with Gasteiger partial charge in [0.2, 0.25) is 5.91 Å². The van der Waals surface area contributed by atoms with Crippen LogP contribution < -0.4 is 25.0 Å². The largest absolute Gasteiger partial charge is 0.493 e. The predicted molar refractivity (Wildman–Crippen MR) is 162 cm³/mol. The number of amides is 1. The quantitative estimate of drug-likeness (QED) is 0.308. The van der Waals surface area contributed by atoms with E-state index < -0.39 is 0 Å². The van der Waals surface area contributed by atoms with Gasteiger partial charge in [0.1, 0.15) is 0 Å². The summed E-state index contributed by atoms with van der Waals surface area (Å²) >= 11 is 6.26. The van der Waals surface area contributed by atoms with E-state index in [9.17, 15) is 4.79 Å². The van der Waals surface area contributed by atoms with Crippen molar-refractivity contribution in [3.05, 3.63) is 87.9 Å². The highest BCUT2D eigenvalue weighted by Gasteiger charge is 2.36. The number of halogens is 1. The van der Waals surface area contributed by atoms with Gasteiger partial charge in [0.15, 0.2) is 11.5 Å². The molecular weight excluding hydrogens is 522 g/mol. The molecule has 3 unspecified atom stereocenters. The Balaban J connectivity index is 1.51. The Labute approximate surface area is 243 Å². The average Bonchev–Trinajstić information content (AvgIpc) is 2.97. The summed E-state index contributed by atoms with van der Waals surface area (Å²) in [6.45, 7) is 8.47. The molecule has 2 heterocycles. The van der Waals surface area contributed by atoms with Gasteiger partial charge in [-0.1, -0.05) is 42.8 Å². The first-order valence-electron chi connectivity index (χ1n) is 14.4. The summed E-state index contributed by atoms with van der Waals surface area (Å²) < 4.78 is 11.9. The summed E-state index contributed by atoms with van der Waals surface area (Å²) in [4.78, 5) is 15.7. The van der Waals surface area contributed by atoms with Crippen molar-refractivity contribution in [2.24, 2.45) is 0 Å². The zero-order valence-electron chi connectivity index (χ0n) is 23.9. The lowest BCUT2D eigenvalue weighted by Gasteiger charge is -2.38. The number of rotatable bonds is 9. The monoisotopic (exact) mass is 561 g/mol. The second-order valence-corrected chi connectivity index (χ2v) is 11.4. The molecule has 3 atom stereocenters. The van der Waals surface area contributed by atoms with Gasteiger partial charge in [0, 0.05) is 22.8 Å². The molecule has 0 radical (unpaired) electrons. The van der Waals surface area contributed by atoms with E-state index in [1.54, 1.807) is 7.11 Å². The van der Waals surface area contributed by atoms with Crippen molar-refractivity contribution in [1.82, 2.24) is 10.6 Å². The van der Waals surface area contributed by atoms with Crippen LogP contribution >= 0.6 is 11.6 Å². The van der Waals surface area contributed by atoms with Crippen LogP contribution in [0.25, 0.3) is 0 Å². The number of carbonyl (C=O) groups excluding carboxylic acids is 1. The molecule has 2 aliphatic heterocycles. The highest BCUT2D eigenvalue weighted by Crippen LogP contribution is 2.44. The Bertz CT molecular complexity index is 1310. The van der Waals surface area contributed by atoms with Crippen LogP contribution in [0, 0.1) is 0 Å².